The Morgan fingerprint density at radius 3 is 2.53 bits per heavy atom. The second-order valence-electron chi connectivity index (χ2n) is 3.67. The van der Waals surface area contributed by atoms with Crippen LogP contribution >= 0.6 is 0 Å². The van der Waals surface area contributed by atoms with Gasteiger partial charge in [0.2, 0.25) is 0 Å². The summed E-state index contributed by atoms with van der Waals surface area (Å²) < 4.78 is 0. The van der Waals surface area contributed by atoms with Gasteiger partial charge in [0.1, 0.15) is 6.04 Å². The van der Waals surface area contributed by atoms with Gasteiger partial charge >= 0.3 is 12.0 Å². The summed E-state index contributed by atoms with van der Waals surface area (Å²) in [4.78, 5) is 23.6. The van der Waals surface area contributed by atoms with Crippen molar-refractivity contribution in [2.75, 3.05) is 13.7 Å². The summed E-state index contributed by atoms with van der Waals surface area (Å²) in [6.07, 6.45) is 0.114. The SMILES string of the molecule is CC(CC#N)N(C)C(=O)NC(CCO)C(=O)O. The number of carbonyl (C=O) groups excluding carboxylic acids is 1. The highest BCUT2D eigenvalue weighted by molar-refractivity contribution is 5.82. The minimum atomic E-state index is -1.20. The predicted octanol–water partition coefficient (Wildman–Crippen LogP) is -0.234. The van der Waals surface area contributed by atoms with Crippen LogP contribution in [-0.4, -0.2) is 52.9 Å². The largest absolute Gasteiger partial charge is 0.480 e. The standard InChI is InChI=1S/C10H17N3O4/c1-7(3-5-11)13(2)10(17)12-8(4-6-14)9(15)16/h7-8,14H,3-4,6H2,1-2H3,(H,12,17)(H,15,16). The molecule has 0 aromatic heterocycles. The number of aliphatic hydroxyl groups excluding tert-OH is 1. The van der Waals surface area contributed by atoms with Crippen LogP contribution in [-0.2, 0) is 4.79 Å². The number of nitrogens with one attached hydrogen (secondary N) is 1. The minimum Gasteiger partial charge on any atom is -0.480 e. The van der Waals surface area contributed by atoms with Gasteiger partial charge in [-0.25, -0.2) is 9.59 Å². The van der Waals surface area contributed by atoms with Crippen molar-refractivity contribution in [2.24, 2.45) is 0 Å². The van der Waals surface area contributed by atoms with Gasteiger partial charge in [0.25, 0.3) is 0 Å². The Morgan fingerprint density at radius 2 is 2.12 bits per heavy atom. The van der Waals surface area contributed by atoms with Crippen molar-refractivity contribution in [2.45, 2.75) is 31.8 Å². The summed E-state index contributed by atoms with van der Waals surface area (Å²) in [5.74, 6) is -1.20. The maximum atomic E-state index is 11.6. The number of aliphatic carboxylic acids is 1. The van der Waals surface area contributed by atoms with E-state index in [0.29, 0.717) is 0 Å². The van der Waals surface area contributed by atoms with Gasteiger partial charge in [0.15, 0.2) is 0 Å². The summed E-state index contributed by atoms with van der Waals surface area (Å²) in [5.41, 5.74) is 0. The number of nitriles is 1. The van der Waals surface area contributed by atoms with Crippen LogP contribution in [0.3, 0.4) is 0 Å². The van der Waals surface area contributed by atoms with E-state index in [2.05, 4.69) is 5.32 Å². The quantitative estimate of drug-likeness (QED) is 0.596. The molecule has 17 heavy (non-hydrogen) atoms. The van der Waals surface area contributed by atoms with Gasteiger partial charge in [-0.2, -0.15) is 5.26 Å². The van der Waals surface area contributed by atoms with Crippen molar-refractivity contribution in [3.05, 3.63) is 0 Å². The fraction of sp³-hybridized carbons (Fsp3) is 0.700. The van der Waals surface area contributed by atoms with Crippen molar-refractivity contribution < 1.29 is 19.8 Å². The van der Waals surface area contributed by atoms with E-state index in [1.165, 1.54) is 11.9 Å². The number of nitrogens with zero attached hydrogens (tertiary/aromatic N) is 2. The molecule has 0 saturated heterocycles. The van der Waals surface area contributed by atoms with Crippen molar-refractivity contribution in [3.63, 3.8) is 0 Å². The number of urea groups is 1. The number of hydrogen-bond acceptors (Lipinski definition) is 4. The van der Waals surface area contributed by atoms with Crippen molar-refractivity contribution in [1.82, 2.24) is 10.2 Å². The molecule has 0 bridgehead atoms. The van der Waals surface area contributed by atoms with Crippen LogP contribution in [0.15, 0.2) is 0 Å². The van der Waals surface area contributed by atoms with Gasteiger partial charge in [0.05, 0.1) is 12.5 Å². The highest BCUT2D eigenvalue weighted by Gasteiger charge is 2.23. The van der Waals surface area contributed by atoms with Gasteiger partial charge in [-0.3, -0.25) is 0 Å². The smallest absolute Gasteiger partial charge is 0.326 e. The van der Waals surface area contributed by atoms with E-state index in [0.717, 1.165) is 0 Å². The molecular weight excluding hydrogens is 226 g/mol. The number of carbonyl (C=O) groups is 2. The van der Waals surface area contributed by atoms with E-state index >= 15 is 0 Å². The predicted molar refractivity (Wildman–Crippen MR) is 59.1 cm³/mol. The Bertz CT molecular complexity index is 313. The first kappa shape index (κ1) is 15.2. The third-order valence-corrected chi connectivity index (χ3v) is 2.38. The molecule has 0 heterocycles. The van der Waals surface area contributed by atoms with Crippen LogP contribution in [0.25, 0.3) is 0 Å². The Kier molecular flexibility index (Phi) is 6.67. The number of amides is 2. The molecule has 0 aromatic carbocycles. The summed E-state index contributed by atoms with van der Waals surface area (Å²) in [6, 6.07) is -0.0722. The van der Waals surface area contributed by atoms with Gasteiger partial charge in [-0.15, -0.1) is 0 Å². The number of carboxylic acid groups (broad SMARTS) is 1. The average molecular weight is 243 g/mol. The lowest BCUT2D eigenvalue weighted by atomic mass is 10.2. The van der Waals surface area contributed by atoms with Crippen LogP contribution in [0.5, 0.6) is 0 Å². The first-order valence-electron chi connectivity index (χ1n) is 5.18. The highest BCUT2D eigenvalue weighted by Crippen LogP contribution is 2.01. The maximum Gasteiger partial charge on any atom is 0.326 e. The molecule has 7 heteroatoms. The van der Waals surface area contributed by atoms with E-state index in [4.69, 9.17) is 15.5 Å². The molecule has 96 valence electrons. The summed E-state index contributed by atoms with van der Waals surface area (Å²) in [7, 11) is 1.48. The molecule has 0 fully saturated rings. The Labute approximate surface area is 99.6 Å². The molecule has 0 aliphatic rings. The van der Waals surface area contributed by atoms with Crippen LogP contribution in [0.2, 0.25) is 0 Å². The van der Waals surface area contributed by atoms with Crippen LogP contribution < -0.4 is 5.32 Å². The molecule has 0 aliphatic heterocycles. The fourth-order valence-electron chi connectivity index (χ4n) is 1.11. The minimum absolute atomic E-state index is 0.0540. The first-order chi connectivity index (χ1) is 7.93. The summed E-state index contributed by atoms with van der Waals surface area (Å²) >= 11 is 0. The molecule has 0 saturated carbocycles. The van der Waals surface area contributed by atoms with Gasteiger partial charge < -0.3 is 20.4 Å². The summed E-state index contributed by atoms with van der Waals surface area (Å²) in [5, 5.41) is 28.2. The molecule has 2 unspecified atom stereocenters. The van der Waals surface area contributed by atoms with Crippen LogP contribution in [0.1, 0.15) is 19.8 Å². The van der Waals surface area contributed by atoms with E-state index < -0.39 is 18.0 Å². The second kappa shape index (κ2) is 7.46. The van der Waals surface area contributed by atoms with Gasteiger partial charge in [-0.1, -0.05) is 0 Å². The van der Waals surface area contributed by atoms with Crippen molar-refractivity contribution in [3.8, 4) is 6.07 Å². The first-order valence-corrected chi connectivity index (χ1v) is 5.18. The van der Waals surface area contributed by atoms with Crippen molar-refractivity contribution in [1.29, 1.82) is 5.26 Å². The number of carboxylic acids is 1. The van der Waals surface area contributed by atoms with E-state index in [1.54, 1.807) is 6.92 Å². The highest BCUT2D eigenvalue weighted by atomic mass is 16.4. The summed E-state index contributed by atoms with van der Waals surface area (Å²) in [6.45, 7) is 1.36. The average Bonchev–Trinajstić information content (AvgIpc) is 2.27. The second-order valence-corrected chi connectivity index (χ2v) is 3.67. The molecule has 0 spiro atoms. The van der Waals surface area contributed by atoms with Crippen LogP contribution in [0.4, 0.5) is 4.79 Å². The maximum absolute atomic E-state index is 11.6. The van der Waals surface area contributed by atoms with Crippen molar-refractivity contribution >= 4 is 12.0 Å². The monoisotopic (exact) mass is 243 g/mol. The molecule has 2 amide bonds. The zero-order valence-corrected chi connectivity index (χ0v) is 9.88. The fourth-order valence-corrected chi connectivity index (χ4v) is 1.11. The van der Waals surface area contributed by atoms with E-state index in [9.17, 15) is 9.59 Å². The van der Waals surface area contributed by atoms with Gasteiger partial charge in [0, 0.05) is 26.1 Å². The number of hydrogen-bond donors (Lipinski definition) is 3. The van der Waals surface area contributed by atoms with E-state index in [-0.39, 0.29) is 25.5 Å². The normalized spacial score (nSPS) is 13.3. The third kappa shape index (κ3) is 5.17. The lowest BCUT2D eigenvalue weighted by Gasteiger charge is -2.25. The molecule has 0 rings (SSSR count). The van der Waals surface area contributed by atoms with Crippen LogP contribution in [0, 0.1) is 11.3 Å². The molecule has 0 aromatic rings. The third-order valence-electron chi connectivity index (χ3n) is 2.38. The zero-order chi connectivity index (χ0) is 13.4. The Balaban J connectivity index is 4.40. The number of rotatable bonds is 6. The molecular formula is C10H17N3O4. The molecule has 7 nitrogen and oxygen atoms in total. The lowest BCUT2D eigenvalue weighted by molar-refractivity contribution is -0.139. The molecule has 3 N–H and O–H groups in total. The van der Waals surface area contributed by atoms with E-state index in [1.807, 2.05) is 6.07 Å². The topological polar surface area (TPSA) is 114 Å². The molecule has 0 radical (unpaired) electrons. The molecule has 2 atom stereocenters. The lowest BCUT2D eigenvalue weighted by Crippen LogP contribution is -2.49. The Hall–Kier alpha value is -1.81. The Morgan fingerprint density at radius 1 is 1.53 bits per heavy atom. The molecule has 0 aliphatic carbocycles. The number of aliphatic hydroxyl groups is 1. The zero-order valence-electron chi connectivity index (χ0n) is 9.88. The van der Waals surface area contributed by atoms with Gasteiger partial charge in [-0.05, 0) is 6.92 Å².